The van der Waals surface area contributed by atoms with Crippen molar-refractivity contribution >= 4 is 0 Å². The molecular weight excluding hydrogens is 468 g/mol. The van der Waals surface area contributed by atoms with Crippen LogP contribution < -0.4 is 0 Å². The molecule has 6 nitrogen and oxygen atoms in total. The van der Waals surface area contributed by atoms with Crippen molar-refractivity contribution in [3.63, 3.8) is 0 Å². The molecule has 0 aromatic rings. The molecule has 12 atom stereocenters. The van der Waals surface area contributed by atoms with E-state index in [0.717, 1.165) is 50.5 Å². The van der Waals surface area contributed by atoms with Gasteiger partial charge < -0.3 is 29.9 Å². The van der Waals surface area contributed by atoms with Crippen molar-refractivity contribution < 1.29 is 29.9 Å². The molecule has 2 aliphatic heterocycles. The van der Waals surface area contributed by atoms with Crippen molar-refractivity contribution in [1.29, 1.82) is 0 Å². The van der Waals surface area contributed by atoms with Gasteiger partial charge in [0.15, 0.2) is 6.29 Å². The van der Waals surface area contributed by atoms with E-state index in [0.29, 0.717) is 11.8 Å². The van der Waals surface area contributed by atoms with E-state index in [2.05, 4.69) is 27.7 Å². The summed E-state index contributed by atoms with van der Waals surface area (Å²) >= 11 is 0. The van der Waals surface area contributed by atoms with E-state index in [1.54, 1.807) is 13.2 Å². The zero-order valence-electron chi connectivity index (χ0n) is 24.3. The van der Waals surface area contributed by atoms with Gasteiger partial charge in [0.1, 0.15) is 12.2 Å². The monoisotopic (exact) mass is 520 g/mol. The van der Waals surface area contributed by atoms with Crippen LogP contribution in [0.15, 0.2) is 11.6 Å². The summed E-state index contributed by atoms with van der Waals surface area (Å²) in [7, 11) is 1.78. The van der Waals surface area contributed by atoms with Crippen molar-refractivity contribution in [2.45, 2.75) is 130 Å². The van der Waals surface area contributed by atoms with Crippen LogP contribution >= 0.6 is 0 Å². The van der Waals surface area contributed by atoms with Crippen LogP contribution in [-0.4, -0.2) is 63.8 Å². The second-order valence-electron chi connectivity index (χ2n) is 15.1. The van der Waals surface area contributed by atoms with Gasteiger partial charge in [0, 0.05) is 18.4 Å². The Morgan fingerprint density at radius 3 is 2.30 bits per heavy atom. The Morgan fingerprint density at radius 1 is 1.03 bits per heavy atom. The van der Waals surface area contributed by atoms with Crippen molar-refractivity contribution in [3.8, 4) is 0 Å². The van der Waals surface area contributed by atoms with Crippen LogP contribution in [0.1, 0.15) is 93.4 Å². The molecule has 1 spiro atoms. The van der Waals surface area contributed by atoms with Crippen molar-refractivity contribution in [2.75, 3.05) is 7.11 Å². The minimum atomic E-state index is -1.38. The Labute approximate surface area is 223 Å². The number of hydrogen-bond acceptors (Lipinski definition) is 6. The zero-order valence-corrected chi connectivity index (χ0v) is 24.3. The van der Waals surface area contributed by atoms with Crippen LogP contribution in [0, 0.1) is 45.3 Å². The van der Waals surface area contributed by atoms with Crippen LogP contribution in [0.5, 0.6) is 0 Å². The third-order valence-corrected chi connectivity index (χ3v) is 12.9. The van der Waals surface area contributed by atoms with Gasteiger partial charge in [0.25, 0.3) is 0 Å². The molecule has 37 heavy (non-hydrogen) atoms. The predicted octanol–water partition coefficient (Wildman–Crippen LogP) is 4.43. The number of aliphatic hydroxyl groups excluding tert-OH is 3. The van der Waals surface area contributed by atoms with Crippen LogP contribution in [0.4, 0.5) is 0 Å². The highest BCUT2D eigenvalue weighted by Crippen LogP contribution is 2.78. The summed E-state index contributed by atoms with van der Waals surface area (Å²) in [5, 5.41) is 43.4. The van der Waals surface area contributed by atoms with Crippen molar-refractivity contribution in [2.24, 2.45) is 45.3 Å². The maximum Gasteiger partial charge on any atom is 0.163 e. The highest BCUT2D eigenvalue weighted by atomic mass is 16.7. The van der Waals surface area contributed by atoms with Crippen LogP contribution in [0.25, 0.3) is 0 Å². The first-order chi connectivity index (χ1) is 17.1. The number of methoxy groups -OCH3 is 1. The molecule has 0 radical (unpaired) electrons. The van der Waals surface area contributed by atoms with Gasteiger partial charge in [-0.1, -0.05) is 39.3 Å². The Hall–Kier alpha value is -0.500. The summed E-state index contributed by atoms with van der Waals surface area (Å²) in [6.07, 6.45) is 6.07. The number of rotatable bonds is 5. The summed E-state index contributed by atoms with van der Waals surface area (Å²) < 4.78 is 12.7. The quantitative estimate of drug-likeness (QED) is 0.400. The van der Waals surface area contributed by atoms with Crippen LogP contribution in [0.3, 0.4) is 0 Å². The average Bonchev–Trinajstić information content (AvgIpc) is 3.15. The number of ether oxygens (including phenoxy) is 2. The van der Waals surface area contributed by atoms with Gasteiger partial charge in [-0.15, -0.1) is 0 Å². The molecule has 0 aromatic heterocycles. The summed E-state index contributed by atoms with van der Waals surface area (Å²) in [5.74, 6) is 1.14. The maximum absolute atomic E-state index is 12.1. The fourth-order valence-electron chi connectivity index (χ4n) is 11.0. The molecule has 6 fully saturated rings. The third-order valence-electron chi connectivity index (χ3n) is 12.9. The molecule has 2 saturated heterocycles. The maximum atomic E-state index is 12.1. The second-order valence-corrected chi connectivity index (χ2v) is 15.1. The van der Waals surface area contributed by atoms with E-state index < -0.39 is 23.9 Å². The van der Waals surface area contributed by atoms with Gasteiger partial charge in [-0.2, -0.15) is 0 Å². The topological polar surface area (TPSA) is 99.4 Å². The second kappa shape index (κ2) is 8.75. The lowest BCUT2D eigenvalue weighted by Crippen LogP contribution is -2.74. The minimum absolute atomic E-state index is 0.0485. The summed E-state index contributed by atoms with van der Waals surface area (Å²) in [6, 6.07) is 0. The fraction of sp³-hybridized carbons (Fsp3) is 0.935. The van der Waals surface area contributed by atoms with Gasteiger partial charge in [-0.05, 0) is 99.7 Å². The summed E-state index contributed by atoms with van der Waals surface area (Å²) in [4.78, 5) is 0. The molecule has 4 aliphatic carbocycles. The first-order valence-electron chi connectivity index (χ1n) is 14.7. The lowest BCUT2D eigenvalue weighted by Gasteiger charge is -2.74. The molecule has 4 saturated carbocycles. The molecule has 0 amide bonds. The van der Waals surface area contributed by atoms with Crippen molar-refractivity contribution in [3.05, 3.63) is 11.6 Å². The molecule has 2 bridgehead atoms. The lowest BCUT2D eigenvalue weighted by atomic mass is 9.33. The van der Waals surface area contributed by atoms with E-state index >= 15 is 0 Å². The van der Waals surface area contributed by atoms with Gasteiger partial charge in [-0.3, -0.25) is 0 Å². The smallest absolute Gasteiger partial charge is 0.163 e. The molecule has 6 rings (SSSR count). The lowest BCUT2D eigenvalue weighted by molar-refractivity contribution is -0.390. The summed E-state index contributed by atoms with van der Waals surface area (Å²) in [6.45, 7) is 14.7. The molecule has 4 N–H and O–H groups in total. The van der Waals surface area contributed by atoms with Crippen LogP contribution in [-0.2, 0) is 9.47 Å². The molecule has 6 aliphatic rings. The van der Waals surface area contributed by atoms with E-state index in [-0.39, 0.29) is 45.9 Å². The Kier molecular flexibility index (Phi) is 6.63. The minimum Gasteiger partial charge on any atom is -0.393 e. The predicted molar refractivity (Wildman–Crippen MR) is 142 cm³/mol. The normalized spacial score (nSPS) is 50.7. The first-order valence-corrected chi connectivity index (χ1v) is 14.7. The van der Waals surface area contributed by atoms with E-state index in [4.69, 9.17) is 9.47 Å². The van der Waals surface area contributed by atoms with Crippen LogP contribution in [0.2, 0.25) is 0 Å². The molecule has 2 heterocycles. The molecule has 3 unspecified atom stereocenters. The zero-order chi connectivity index (χ0) is 27.3. The highest BCUT2D eigenvalue weighted by molar-refractivity contribution is 5.25. The van der Waals surface area contributed by atoms with Gasteiger partial charge >= 0.3 is 0 Å². The fourth-order valence-corrected chi connectivity index (χ4v) is 11.0. The van der Waals surface area contributed by atoms with Gasteiger partial charge in [-0.25, -0.2) is 0 Å². The van der Waals surface area contributed by atoms with E-state index in [1.165, 1.54) is 13.8 Å². The Balaban J connectivity index is 1.50. The van der Waals surface area contributed by atoms with Gasteiger partial charge in [0.05, 0.1) is 17.8 Å². The van der Waals surface area contributed by atoms with Crippen molar-refractivity contribution in [1.82, 2.24) is 0 Å². The third kappa shape index (κ3) is 3.65. The molecule has 6 heteroatoms. The molecular formula is C31H52O6. The van der Waals surface area contributed by atoms with E-state index in [1.807, 2.05) is 6.92 Å². The molecule has 0 aromatic carbocycles. The standard InChI is InChI=1S/C31H52O6/c1-17(15-21(33)25(34)28(4,5)35)18-9-12-29(6)19(18)16-20(32)24-30(29,7)13-10-22-27(2,3)23-11-14-31(22,24)26(36-8)37-23/h15,18-26,32-35H,9-14,16H2,1-8H3/b17-15+/t18-,19-,20-,21?,22+,23+,24+,25?,26?,29-,30-,31-/m1/s1. The Bertz CT molecular complexity index is 923. The number of allylic oxidation sites excluding steroid dienone is 1. The highest BCUT2D eigenvalue weighted by Gasteiger charge is 2.76. The Morgan fingerprint density at radius 2 is 1.68 bits per heavy atom. The number of hydrogen-bond donors (Lipinski definition) is 4. The average molecular weight is 521 g/mol. The molecule has 212 valence electrons. The number of fused-ring (bicyclic) bond motifs is 5. The number of aliphatic hydroxyl groups is 4. The summed E-state index contributed by atoms with van der Waals surface area (Å²) in [5.41, 5.74) is -0.431. The largest absolute Gasteiger partial charge is 0.393 e. The van der Waals surface area contributed by atoms with E-state index in [9.17, 15) is 20.4 Å². The first kappa shape index (κ1) is 28.0. The van der Waals surface area contributed by atoms with Gasteiger partial charge in [0.2, 0.25) is 0 Å². The SMILES string of the molecule is COC1O[C@H]2CC[C@@]13[C@H]1[C@H](O)C[C@@H]4[C@@H](/C(C)=C/C(O)C(O)C(C)(C)O)CC[C@@]4(C)[C@]1(C)CC[C@H]3C2(C)C.